The summed E-state index contributed by atoms with van der Waals surface area (Å²) in [6.07, 6.45) is 0.433. The van der Waals surface area contributed by atoms with Crippen molar-refractivity contribution in [3.05, 3.63) is 28.2 Å². The van der Waals surface area contributed by atoms with E-state index in [2.05, 4.69) is 42.0 Å². The van der Waals surface area contributed by atoms with Crippen LogP contribution in [-0.2, 0) is 6.54 Å². The minimum absolute atomic E-state index is 0.0541. The highest BCUT2D eigenvalue weighted by Crippen LogP contribution is 2.24. The smallest absolute Gasteiger partial charge is 0.123 e. The van der Waals surface area contributed by atoms with Crippen LogP contribution in [0.15, 0.2) is 22.7 Å². The molecular formula is C14H21BrFNO. The van der Waals surface area contributed by atoms with Crippen molar-refractivity contribution in [2.45, 2.75) is 39.3 Å². The molecule has 0 fully saturated rings. The van der Waals surface area contributed by atoms with Gasteiger partial charge in [-0.3, -0.25) is 4.39 Å². The van der Waals surface area contributed by atoms with Gasteiger partial charge in [0.25, 0.3) is 0 Å². The second-order valence-electron chi connectivity index (χ2n) is 5.25. The van der Waals surface area contributed by atoms with Gasteiger partial charge in [0.1, 0.15) is 5.75 Å². The average molecular weight is 318 g/mol. The molecular weight excluding hydrogens is 297 g/mol. The van der Waals surface area contributed by atoms with E-state index in [1.165, 1.54) is 0 Å². The van der Waals surface area contributed by atoms with Gasteiger partial charge in [-0.05, 0) is 39.0 Å². The molecule has 0 aliphatic carbocycles. The van der Waals surface area contributed by atoms with Crippen LogP contribution in [0.25, 0.3) is 0 Å². The van der Waals surface area contributed by atoms with E-state index in [0.29, 0.717) is 13.0 Å². The maximum absolute atomic E-state index is 12.1. The Kier molecular flexibility index (Phi) is 6.09. The Hall–Kier alpha value is -0.610. The van der Waals surface area contributed by atoms with Gasteiger partial charge in [-0.2, -0.15) is 0 Å². The van der Waals surface area contributed by atoms with Gasteiger partial charge in [0, 0.05) is 28.5 Å². The van der Waals surface area contributed by atoms with E-state index in [-0.39, 0.29) is 12.2 Å². The number of benzene rings is 1. The van der Waals surface area contributed by atoms with Gasteiger partial charge < -0.3 is 10.1 Å². The van der Waals surface area contributed by atoms with Gasteiger partial charge in [0.15, 0.2) is 0 Å². The fourth-order valence-corrected chi connectivity index (χ4v) is 1.83. The van der Waals surface area contributed by atoms with Crippen LogP contribution < -0.4 is 10.1 Å². The quantitative estimate of drug-likeness (QED) is 0.798. The molecule has 0 saturated carbocycles. The standard InChI is InChI=1S/C14H21BrFNO/c1-14(2,3)17-10-11-9-12(15)5-6-13(11)18-8-4-7-16/h5-6,9,17H,4,7-8,10H2,1-3H3. The van der Waals surface area contributed by atoms with Gasteiger partial charge in [-0.1, -0.05) is 15.9 Å². The summed E-state index contributed by atoms with van der Waals surface area (Å²) in [5.41, 5.74) is 1.14. The monoisotopic (exact) mass is 317 g/mol. The molecule has 1 rings (SSSR count). The molecule has 102 valence electrons. The van der Waals surface area contributed by atoms with Crippen molar-refractivity contribution in [2.75, 3.05) is 13.3 Å². The summed E-state index contributed by atoms with van der Waals surface area (Å²) in [6, 6.07) is 5.89. The molecule has 1 aromatic rings. The second-order valence-corrected chi connectivity index (χ2v) is 6.16. The number of nitrogens with one attached hydrogen (secondary N) is 1. The van der Waals surface area contributed by atoms with E-state index < -0.39 is 0 Å². The first-order valence-electron chi connectivity index (χ1n) is 6.14. The Balaban J connectivity index is 2.70. The summed E-state index contributed by atoms with van der Waals surface area (Å²) >= 11 is 3.46. The average Bonchev–Trinajstić information content (AvgIpc) is 2.28. The number of hydrogen-bond acceptors (Lipinski definition) is 2. The number of rotatable bonds is 6. The summed E-state index contributed by atoms with van der Waals surface area (Å²) < 4.78 is 18.7. The van der Waals surface area contributed by atoms with Crippen LogP contribution in [0.1, 0.15) is 32.8 Å². The highest BCUT2D eigenvalue weighted by molar-refractivity contribution is 9.10. The molecule has 2 nitrogen and oxygen atoms in total. The van der Waals surface area contributed by atoms with Gasteiger partial charge in [0.2, 0.25) is 0 Å². The minimum Gasteiger partial charge on any atom is -0.493 e. The molecule has 0 aromatic heterocycles. The zero-order chi connectivity index (χ0) is 13.6. The molecule has 1 aromatic carbocycles. The Bertz CT molecular complexity index is 377. The van der Waals surface area contributed by atoms with E-state index in [1.54, 1.807) is 0 Å². The van der Waals surface area contributed by atoms with E-state index in [9.17, 15) is 4.39 Å². The summed E-state index contributed by atoms with van der Waals surface area (Å²) in [4.78, 5) is 0. The fourth-order valence-electron chi connectivity index (χ4n) is 1.42. The first-order chi connectivity index (χ1) is 8.42. The molecule has 0 unspecified atom stereocenters. The molecule has 1 N–H and O–H groups in total. The zero-order valence-electron chi connectivity index (χ0n) is 11.2. The van der Waals surface area contributed by atoms with Crippen molar-refractivity contribution >= 4 is 15.9 Å². The Morgan fingerprint density at radius 1 is 1.33 bits per heavy atom. The lowest BCUT2D eigenvalue weighted by Crippen LogP contribution is -2.35. The predicted molar refractivity (Wildman–Crippen MR) is 76.8 cm³/mol. The Labute approximate surface area is 117 Å². The summed E-state index contributed by atoms with van der Waals surface area (Å²) in [6.45, 7) is 7.17. The van der Waals surface area contributed by atoms with Crippen molar-refractivity contribution in [3.63, 3.8) is 0 Å². The van der Waals surface area contributed by atoms with E-state index in [1.807, 2.05) is 18.2 Å². The molecule has 0 aliphatic heterocycles. The number of alkyl halides is 1. The topological polar surface area (TPSA) is 21.3 Å². The van der Waals surface area contributed by atoms with Crippen molar-refractivity contribution < 1.29 is 9.13 Å². The van der Waals surface area contributed by atoms with Crippen molar-refractivity contribution in [1.82, 2.24) is 5.32 Å². The van der Waals surface area contributed by atoms with Crippen molar-refractivity contribution in [2.24, 2.45) is 0 Å². The zero-order valence-corrected chi connectivity index (χ0v) is 12.8. The molecule has 0 spiro atoms. The van der Waals surface area contributed by atoms with Gasteiger partial charge in [-0.15, -0.1) is 0 Å². The Morgan fingerprint density at radius 2 is 2.06 bits per heavy atom. The maximum Gasteiger partial charge on any atom is 0.123 e. The van der Waals surface area contributed by atoms with E-state index in [4.69, 9.17) is 4.74 Å². The van der Waals surface area contributed by atoms with Crippen LogP contribution in [0.3, 0.4) is 0 Å². The van der Waals surface area contributed by atoms with Crippen LogP contribution in [0.4, 0.5) is 4.39 Å². The Morgan fingerprint density at radius 3 is 2.67 bits per heavy atom. The highest BCUT2D eigenvalue weighted by atomic mass is 79.9. The second kappa shape index (κ2) is 7.10. The lowest BCUT2D eigenvalue weighted by atomic mass is 10.1. The molecule has 0 heterocycles. The van der Waals surface area contributed by atoms with E-state index >= 15 is 0 Å². The third-order valence-corrected chi connectivity index (χ3v) is 2.86. The molecule has 0 radical (unpaired) electrons. The van der Waals surface area contributed by atoms with Gasteiger partial charge in [-0.25, -0.2) is 0 Å². The predicted octanol–water partition coefficient (Wildman–Crippen LogP) is 4.08. The van der Waals surface area contributed by atoms with Gasteiger partial charge in [0.05, 0.1) is 13.3 Å². The SMILES string of the molecule is CC(C)(C)NCc1cc(Br)ccc1OCCCF. The largest absolute Gasteiger partial charge is 0.493 e. The third kappa shape index (κ3) is 5.83. The van der Waals surface area contributed by atoms with Crippen molar-refractivity contribution in [3.8, 4) is 5.75 Å². The molecule has 18 heavy (non-hydrogen) atoms. The summed E-state index contributed by atoms with van der Waals surface area (Å²) in [7, 11) is 0. The first kappa shape index (κ1) is 15.4. The first-order valence-corrected chi connectivity index (χ1v) is 6.94. The van der Waals surface area contributed by atoms with E-state index in [0.717, 1.165) is 22.3 Å². The minimum atomic E-state index is -0.341. The molecule has 0 bridgehead atoms. The van der Waals surface area contributed by atoms with Crippen LogP contribution in [0, 0.1) is 0 Å². The molecule has 0 atom stereocenters. The normalized spacial score (nSPS) is 11.6. The summed E-state index contributed by atoms with van der Waals surface area (Å²) in [5.74, 6) is 0.823. The van der Waals surface area contributed by atoms with Crippen LogP contribution >= 0.6 is 15.9 Å². The van der Waals surface area contributed by atoms with Crippen LogP contribution in [0.5, 0.6) is 5.75 Å². The number of halogens is 2. The molecule has 0 aliphatic rings. The third-order valence-electron chi connectivity index (χ3n) is 2.37. The maximum atomic E-state index is 12.1. The van der Waals surface area contributed by atoms with Crippen LogP contribution in [0.2, 0.25) is 0 Å². The number of ether oxygens (including phenoxy) is 1. The molecule has 0 amide bonds. The van der Waals surface area contributed by atoms with Crippen LogP contribution in [-0.4, -0.2) is 18.8 Å². The van der Waals surface area contributed by atoms with Crippen molar-refractivity contribution in [1.29, 1.82) is 0 Å². The van der Waals surface area contributed by atoms with Gasteiger partial charge >= 0.3 is 0 Å². The lowest BCUT2D eigenvalue weighted by Gasteiger charge is -2.21. The molecule has 0 saturated heterocycles. The highest BCUT2D eigenvalue weighted by Gasteiger charge is 2.11. The number of hydrogen-bond donors (Lipinski definition) is 1. The fraction of sp³-hybridized carbons (Fsp3) is 0.571. The summed E-state index contributed by atoms with van der Waals surface area (Å²) in [5, 5.41) is 3.42. The molecule has 4 heteroatoms. The lowest BCUT2D eigenvalue weighted by molar-refractivity contribution is 0.285.